The average molecular weight is 246 g/mol. The smallest absolute Gasteiger partial charge is 0.162 e. The van der Waals surface area contributed by atoms with E-state index in [0.717, 1.165) is 24.8 Å². The highest BCUT2D eigenvalue weighted by Gasteiger charge is 2.04. The van der Waals surface area contributed by atoms with Gasteiger partial charge in [0, 0.05) is 12.0 Å². The maximum absolute atomic E-state index is 11.8. The Kier molecular flexibility index (Phi) is 7.40. The van der Waals surface area contributed by atoms with Gasteiger partial charge < -0.3 is 0 Å². The number of aryl methyl sites for hydroxylation is 1. The molecule has 0 unspecified atom stereocenters. The number of benzene rings is 1. The number of ketones is 1. The number of unbranched alkanes of at least 4 members (excludes halogenated alkanes) is 4. The molecule has 0 aliphatic heterocycles. The van der Waals surface area contributed by atoms with Gasteiger partial charge in [-0.1, -0.05) is 63.8 Å². The van der Waals surface area contributed by atoms with Crippen LogP contribution in [0, 0.1) is 0 Å². The highest BCUT2D eigenvalue weighted by Crippen LogP contribution is 2.12. The lowest BCUT2D eigenvalue weighted by molar-refractivity contribution is 0.0980. The van der Waals surface area contributed by atoms with Crippen LogP contribution in [0.25, 0.3) is 0 Å². The van der Waals surface area contributed by atoms with Crippen LogP contribution < -0.4 is 0 Å². The monoisotopic (exact) mass is 246 g/mol. The summed E-state index contributed by atoms with van der Waals surface area (Å²) in [4.78, 5) is 11.8. The van der Waals surface area contributed by atoms with E-state index in [0.29, 0.717) is 6.42 Å². The van der Waals surface area contributed by atoms with Gasteiger partial charge in [-0.15, -0.1) is 0 Å². The molecule has 0 aliphatic rings. The summed E-state index contributed by atoms with van der Waals surface area (Å²) in [6.07, 6.45) is 9.09. The number of hydrogen-bond acceptors (Lipinski definition) is 1. The van der Waals surface area contributed by atoms with Gasteiger partial charge in [0.1, 0.15) is 0 Å². The lowest BCUT2D eigenvalue weighted by Crippen LogP contribution is -1.98. The number of rotatable bonds is 9. The zero-order chi connectivity index (χ0) is 13.2. The lowest BCUT2D eigenvalue weighted by atomic mass is 10.0. The van der Waals surface area contributed by atoms with E-state index in [1.807, 2.05) is 12.1 Å². The summed E-state index contributed by atoms with van der Waals surface area (Å²) >= 11 is 0. The van der Waals surface area contributed by atoms with Crippen molar-refractivity contribution < 1.29 is 4.79 Å². The third-order valence-electron chi connectivity index (χ3n) is 3.35. The van der Waals surface area contributed by atoms with Crippen molar-refractivity contribution in [3.63, 3.8) is 0 Å². The van der Waals surface area contributed by atoms with Gasteiger partial charge in [0.05, 0.1) is 0 Å². The van der Waals surface area contributed by atoms with Gasteiger partial charge in [0.15, 0.2) is 5.78 Å². The number of hydrogen-bond donors (Lipinski definition) is 0. The third kappa shape index (κ3) is 5.48. The topological polar surface area (TPSA) is 17.1 Å². The van der Waals surface area contributed by atoms with Gasteiger partial charge in [-0.05, 0) is 24.8 Å². The van der Waals surface area contributed by atoms with E-state index in [1.165, 1.54) is 31.2 Å². The molecule has 1 aromatic rings. The van der Waals surface area contributed by atoms with Crippen molar-refractivity contribution in [1.82, 2.24) is 0 Å². The van der Waals surface area contributed by atoms with E-state index < -0.39 is 0 Å². The van der Waals surface area contributed by atoms with Crippen LogP contribution in [0.2, 0.25) is 0 Å². The van der Waals surface area contributed by atoms with Gasteiger partial charge >= 0.3 is 0 Å². The van der Waals surface area contributed by atoms with Crippen LogP contribution in [0.3, 0.4) is 0 Å². The molecule has 1 aromatic carbocycles. The molecule has 0 fully saturated rings. The Hall–Kier alpha value is -1.11. The van der Waals surface area contributed by atoms with Crippen molar-refractivity contribution in [3.05, 3.63) is 35.4 Å². The van der Waals surface area contributed by atoms with Crippen molar-refractivity contribution >= 4 is 5.78 Å². The summed E-state index contributed by atoms with van der Waals surface area (Å²) in [6, 6.07) is 8.22. The molecule has 0 heterocycles. The molecule has 0 radical (unpaired) electrons. The minimum absolute atomic E-state index is 0.286. The number of carbonyl (C=O) groups is 1. The Morgan fingerprint density at radius 1 is 0.889 bits per heavy atom. The zero-order valence-corrected chi connectivity index (χ0v) is 11.9. The third-order valence-corrected chi connectivity index (χ3v) is 3.35. The number of Topliss-reactive ketones (excluding diaryl/α,β-unsaturated/α-hetero) is 1. The standard InChI is InChI=1S/C17H26O/c1-3-5-7-8-9-15-11-13-16(14-12-15)17(18)10-6-4-2/h11-14H,3-10H2,1-2H3. The van der Waals surface area contributed by atoms with E-state index >= 15 is 0 Å². The maximum Gasteiger partial charge on any atom is 0.162 e. The molecule has 1 heteroatoms. The van der Waals surface area contributed by atoms with Crippen LogP contribution >= 0.6 is 0 Å². The van der Waals surface area contributed by atoms with E-state index in [-0.39, 0.29) is 5.78 Å². The quantitative estimate of drug-likeness (QED) is 0.433. The highest BCUT2D eigenvalue weighted by molar-refractivity contribution is 5.96. The predicted molar refractivity (Wildman–Crippen MR) is 78.1 cm³/mol. The Morgan fingerprint density at radius 2 is 1.56 bits per heavy atom. The Morgan fingerprint density at radius 3 is 2.17 bits per heavy atom. The SMILES string of the molecule is CCCCCCc1ccc(C(=O)CCCC)cc1. The molecule has 0 saturated heterocycles. The van der Waals surface area contributed by atoms with Crippen LogP contribution in [-0.2, 0) is 6.42 Å². The summed E-state index contributed by atoms with van der Waals surface area (Å²) < 4.78 is 0. The predicted octanol–water partition coefficient (Wildman–Crippen LogP) is 5.18. The van der Waals surface area contributed by atoms with Gasteiger partial charge in [-0.2, -0.15) is 0 Å². The van der Waals surface area contributed by atoms with Crippen molar-refractivity contribution in [1.29, 1.82) is 0 Å². The van der Waals surface area contributed by atoms with E-state index in [2.05, 4.69) is 26.0 Å². The highest BCUT2D eigenvalue weighted by atomic mass is 16.1. The molecule has 0 saturated carbocycles. The molecule has 0 aromatic heterocycles. The first-order chi connectivity index (χ1) is 8.77. The molecule has 0 atom stereocenters. The first-order valence-electron chi connectivity index (χ1n) is 7.40. The van der Waals surface area contributed by atoms with Crippen LogP contribution in [0.15, 0.2) is 24.3 Å². The van der Waals surface area contributed by atoms with E-state index in [9.17, 15) is 4.79 Å². The molecule has 0 amide bonds. The van der Waals surface area contributed by atoms with Crippen LogP contribution in [0.5, 0.6) is 0 Å². The molecular weight excluding hydrogens is 220 g/mol. The normalized spacial score (nSPS) is 10.6. The molecule has 0 aliphatic carbocycles. The van der Waals surface area contributed by atoms with Gasteiger partial charge in [0.25, 0.3) is 0 Å². The largest absolute Gasteiger partial charge is 0.294 e. The lowest BCUT2D eigenvalue weighted by Gasteiger charge is -2.04. The van der Waals surface area contributed by atoms with Crippen molar-refractivity contribution in [2.75, 3.05) is 0 Å². The Bertz CT molecular complexity index is 337. The second kappa shape index (κ2) is 8.91. The molecule has 0 N–H and O–H groups in total. The fraction of sp³-hybridized carbons (Fsp3) is 0.588. The van der Waals surface area contributed by atoms with Gasteiger partial charge in [-0.3, -0.25) is 4.79 Å². The first kappa shape index (κ1) is 14.9. The molecule has 1 nitrogen and oxygen atoms in total. The minimum atomic E-state index is 0.286. The molecule has 1 rings (SSSR count). The van der Waals surface area contributed by atoms with Crippen LogP contribution in [-0.4, -0.2) is 5.78 Å². The minimum Gasteiger partial charge on any atom is -0.294 e. The fourth-order valence-electron chi connectivity index (χ4n) is 2.09. The van der Waals surface area contributed by atoms with Crippen molar-refractivity contribution in [2.24, 2.45) is 0 Å². The van der Waals surface area contributed by atoms with Gasteiger partial charge in [-0.25, -0.2) is 0 Å². The second-order valence-corrected chi connectivity index (χ2v) is 5.03. The van der Waals surface area contributed by atoms with Gasteiger partial charge in [0.2, 0.25) is 0 Å². The Balaban J connectivity index is 2.39. The van der Waals surface area contributed by atoms with E-state index in [4.69, 9.17) is 0 Å². The molecule has 100 valence electrons. The molecular formula is C17H26O. The van der Waals surface area contributed by atoms with E-state index in [1.54, 1.807) is 0 Å². The Labute approximate surface area is 112 Å². The number of carbonyl (C=O) groups excluding carboxylic acids is 1. The summed E-state index contributed by atoms with van der Waals surface area (Å²) in [7, 11) is 0. The molecule has 0 spiro atoms. The summed E-state index contributed by atoms with van der Waals surface area (Å²) in [5, 5.41) is 0. The zero-order valence-electron chi connectivity index (χ0n) is 11.9. The molecule has 18 heavy (non-hydrogen) atoms. The van der Waals surface area contributed by atoms with Crippen LogP contribution in [0.1, 0.15) is 74.7 Å². The molecule has 0 bridgehead atoms. The van der Waals surface area contributed by atoms with Crippen molar-refractivity contribution in [2.45, 2.75) is 65.2 Å². The average Bonchev–Trinajstić information content (AvgIpc) is 2.41. The fourth-order valence-corrected chi connectivity index (χ4v) is 2.09. The van der Waals surface area contributed by atoms with Crippen LogP contribution in [0.4, 0.5) is 0 Å². The second-order valence-electron chi connectivity index (χ2n) is 5.03. The first-order valence-corrected chi connectivity index (χ1v) is 7.40. The maximum atomic E-state index is 11.8. The van der Waals surface area contributed by atoms with Crippen molar-refractivity contribution in [3.8, 4) is 0 Å². The summed E-state index contributed by atoms with van der Waals surface area (Å²) in [5.41, 5.74) is 2.24. The summed E-state index contributed by atoms with van der Waals surface area (Å²) in [5.74, 6) is 0.286. The summed E-state index contributed by atoms with van der Waals surface area (Å²) in [6.45, 7) is 4.35.